The molecule has 1 heterocycles. The van der Waals surface area contributed by atoms with Crippen LogP contribution in [-0.2, 0) is 0 Å². The van der Waals surface area contributed by atoms with Crippen molar-refractivity contribution in [2.75, 3.05) is 18.7 Å². The molecule has 0 saturated heterocycles. The largest absolute Gasteiger partial charge is 0.454 e. The van der Waals surface area contributed by atoms with Crippen molar-refractivity contribution in [1.29, 1.82) is 0 Å². The number of nitrogens with one attached hydrogen (secondary N) is 1. The summed E-state index contributed by atoms with van der Waals surface area (Å²) in [6, 6.07) is 6.73. The fourth-order valence-electron chi connectivity index (χ4n) is 3.54. The van der Waals surface area contributed by atoms with Crippen LogP contribution in [0.5, 0.6) is 11.5 Å². The average molecular weight is 376 g/mol. The molecule has 0 bridgehead atoms. The SMILES string of the molecule is N[C@H]1CC(CNc2ccc3c(c2)OCO3)=CC[C@@H]1c1cc(F)c(F)cc1F. The molecule has 4 rings (SSSR count). The van der Waals surface area contributed by atoms with Gasteiger partial charge in [-0.3, -0.25) is 0 Å². The van der Waals surface area contributed by atoms with Crippen molar-refractivity contribution in [2.24, 2.45) is 5.73 Å². The molecule has 2 aliphatic rings. The van der Waals surface area contributed by atoms with E-state index in [1.165, 1.54) is 0 Å². The van der Waals surface area contributed by atoms with E-state index < -0.39 is 17.5 Å². The second-order valence-corrected chi connectivity index (χ2v) is 6.78. The summed E-state index contributed by atoms with van der Waals surface area (Å²) in [6.07, 6.45) is 3.00. The molecule has 0 radical (unpaired) electrons. The molecule has 2 atom stereocenters. The molecule has 4 nitrogen and oxygen atoms in total. The zero-order valence-electron chi connectivity index (χ0n) is 14.5. The normalized spacial score (nSPS) is 21.1. The summed E-state index contributed by atoms with van der Waals surface area (Å²) in [7, 11) is 0. The first-order valence-electron chi connectivity index (χ1n) is 8.72. The Bertz CT molecular complexity index is 901. The molecule has 0 fully saturated rings. The Balaban J connectivity index is 1.43. The third-order valence-electron chi connectivity index (χ3n) is 5.01. The topological polar surface area (TPSA) is 56.5 Å². The molecule has 0 spiro atoms. The van der Waals surface area contributed by atoms with E-state index >= 15 is 0 Å². The second-order valence-electron chi connectivity index (χ2n) is 6.78. The third-order valence-corrected chi connectivity index (χ3v) is 5.01. The van der Waals surface area contributed by atoms with Gasteiger partial charge in [0.25, 0.3) is 0 Å². The van der Waals surface area contributed by atoms with E-state index in [1.807, 2.05) is 24.3 Å². The molecule has 1 aliphatic carbocycles. The van der Waals surface area contributed by atoms with Crippen LogP contribution in [0.3, 0.4) is 0 Å². The van der Waals surface area contributed by atoms with Crippen LogP contribution in [0.2, 0.25) is 0 Å². The maximum absolute atomic E-state index is 14.0. The summed E-state index contributed by atoms with van der Waals surface area (Å²) in [4.78, 5) is 0. The molecule has 0 aromatic heterocycles. The van der Waals surface area contributed by atoms with Gasteiger partial charge in [0.05, 0.1) is 0 Å². The van der Waals surface area contributed by atoms with Gasteiger partial charge in [0.1, 0.15) is 5.82 Å². The summed E-state index contributed by atoms with van der Waals surface area (Å²) in [5.74, 6) is -1.97. The van der Waals surface area contributed by atoms with E-state index in [0.29, 0.717) is 31.2 Å². The lowest BCUT2D eigenvalue weighted by atomic mass is 9.80. The van der Waals surface area contributed by atoms with Crippen LogP contribution < -0.4 is 20.5 Å². The summed E-state index contributed by atoms with van der Waals surface area (Å²) < 4.78 is 51.3. The highest BCUT2D eigenvalue weighted by Gasteiger charge is 2.27. The number of ether oxygens (including phenoxy) is 2. The Hall–Kier alpha value is -2.67. The van der Waals surface area contributed by atoms with Crippen molar-refractivity contribution >= 4 is 5.69 Å². The molecular weight excluding hydrogens is 357 g/mol. The third kappa shape index (κ3) is 3.60. The van der Waals surface area contributed by atoms with Gasteiger partial charge in [0.2, 0.25) is 6.79 Å². The van der Waals surface area contributed by atoms with Crippen LogP contribution in [0, 0.1) is 17.5 Å². The molecular formula is C20H19F3N2O2. The number of nitrogens with two attached hydrogens (primary N) is 1. The highest BCUT2D eigenvalue weighted by atomic mass is 19.2. The lowest BCUT2D eigenvalue weighted by molar-refractivity contribution is 0.174. The van der Waals surface area contributed by atoms with E-state index in [0.717, 1.165) is 23.1 Å². The molecule has 1 aliphatic heterocycles. The summed E-state index contributed by atoms with van der Waals surface area (Å²) in [5.41, 5.74) is 8.31. The number of anilines is 1. The second kappa shape index (κ2) is 7.15. The van der Waals surface area contributed by atoms with Crippen LogP contribution in [0.1, 0.15) is 24.3 Å². The fourth-order valence-corrected chi connectivity index (χ4v) is 3.54. The number of allylic oxidation sites excluding steroid dienone is 1. The minimum atomic E-state index is -1.19. The van der Waals surface area contributed by atoms with Crippen LogP contribution in [0.15, 0.2) is 42.0 Å². The molecule has 0 saturated carbocycles. The maximum Gasteiger partial charge on any atom is 0.231 e. The number of halogens is 3. The van der Waals surface area contributed by atoms with Crippen molar-refractivity contribution in [3.05, 3.63) is 65.0 Å². The maximum atomic E-state index is 14.0. The number of rotatable bonds is 4. The van der Waals surface area contributed by atoms with E-state index in [-0.39, 0.29) is 24.3 Å². The van der Waals surface area contributed by atoms with Gasteiger partial charge in [-0.25, -0.2) is 13.2 Å². The van der Waals surface area contributed by atoms with E-state index in [4.69, 9.17) is 15.2 Å². The predicted octanol–water partition coefficient (Wildman–Crippen LogP) is 4.08. The summed E-state index contributed by atoms with van der Waals surface area (Å²) >= 11 is 0. The monoisotopic (exact) mass is 376 g/mol. The molecule has 7 heteroatoms. The quantitative estimate of drug-likeness (QED) is 0.624. The Morgan fingerprint density at radius 3 is 2.59 bits per heavy atom. The number of fused-ring (bicyclic) bond motifs is 1. The highest BCUT2D eigenvalue weighted by molar-refractivity contribution is 5.56. The number of hydrogen-bond acceptors (Lipinski definition) is 4. The van der Waals surface area contributed by atoms with Crippen LogP contribution >= 0.6 is 0 Å². The van der Waals surface area contributed by atoms with Gasteiger partial charge in [-0.15, -0.1) is 0 Å². The van der Waals surface area contributed by atoms with E-state index in [1.54, 1.807) is 0 Å². The number of hydrogen-bond donors (Lipinski definition) is 2. The fraction of sp³-hybridized carbons (Fsp3) is 0.300. The van der Waals surface area contributed by atoms with Crippen molar-refractivity contribution in [1.82, 2.24) is 0 Å². The van der Waals surface area contributed by atoms with Gasteiger partial charge < -0.3 is 20.5 Å². The van der Waals surface area contributed by atoms with E-state index in [9.17, 15) is 13.2 Å². The Labute approximate surface area is 154 Å². The molecule has 27 heavy (non-hydrogen) atoms. The van der Waals surface area contributed by atoms with Crippen molar-refractivity contribution in [3.8, 4) is 11.5 Å². The predicted molar refractivity (Wildman–Crippen MR) is 95.4 cm³/mol. The minimum Gasteiger partial charge on any atom is -0.454 e. The van der Waals surface area contributed by atoms with Gasteiger partial charge >= 0.3 is 0 Å². The summed E-state index contributed by atoms with van der Waals surface area (Å²) in [6.45, 7) is 0.807. The zero-order chi connectivity index (χ0) is 19.0. The molecule has 3 N–H and O–H groups in total. The average Bonchev–Trinajstić information content (AvgIpc) is 3.11. The van der Waals surface area contributed by atoms with Crippen molar-refractivity contribution in [2.45, 2.75) is 24.8 Å². The van der Waals surface area contributed by atoms with Crippen LogP contribution in [0.25, 0.3) is 0 Å². The number of benzene rings is 2. The smallest absolute Gasteiger partial charge is 0.231 e. The van der Waals surface area contributed by atoms with Gasteiger partial charge in [-0.2, -0.15) is 0 Å². The van der Waals surface area contributed by atoms with Gasteiger partial charge in [-0.05, 0) is 36.6 Å². The standard InChI is InChI=1S/C20H19F3N2O2/c21-15-8-17(23)16(22)7-14(15)13-3-1-11(5-18(13)24)9-25-12-2-4-19-20(6-12)27-10-26-19/h1-2,4,6-8,13,18,25H,3,5,9-10,24H2/t13-,18+/m1/s1. The Kier molecular flexibility index (Phi) is 4.70. The molecule has 0 unspecified atom stereocenters. The molecule has 0 amide bonds. The minimum absolute atomic E-state index is 0.125. The molecule has 2 aromatic rings. The van der Waals surface area contributed by atoms with E-state index in [2.05, 4.69) is 5.32 Å². The van der Waals surface area contributed by atoms with Crippen molar-refractivity contribution < 1.29 is 22.6 Å². The Morgan fingerprint density at radius 2 is 1.78 bits per heavy atom. The first kappa shape index (κ1) is 17.7. The summed E-state index contributed by atoms with van der Waals surface area (Å²) in [5, 5.41) is 3.30. The molecule has 142 valence electrons. The zero-order valence-corrected chi connectivity index (χ0v) is 14.5. The van der Waals surface area contributed by atoms with Gasteiger partial charge in [0.15, 0.2) is 23.1 Å². The lowest BCUT2D eigenvalue weighted by Gasteiger charge is -2.29. The lowest BCUT2D eigenvalue weighted by Crippen LogP contribution is -2.33. The van der Waals surface area contributed by atoms with Gasteiger partial charge in [0, 0.05) is 36.3 Å². The van der Waals surface area contributed by atoms with Crippen molar-refractivity contribution in [3.63, 3.8) is 0 Å². The van der Waals surface area contributed by atoms with Gasteiger partial charge in [-0.1, -0.05) is 11.6 Å². The van der Waals surface area contributed by atoms with Crippen LogP contribution in [-0.4, -0.2) is 19.4 Å². The Morgan fingerprint density at radius 1 is 1.00 bits per heavy atom. The first-order chi connectivity index (χ1) is 13.0. The highest BCUT2D eigenvalue weighted by Crippen LogP contribution is 2.36. The van der Waals surface area contributed by atoms with Crippen LogP contribution in [0.4, 0.5) is 18.9 Å². The molecule has 2 aromatic carbocycles. The first-order valence-corrected chi connectivity index (χ1v) is 8.72.